The van der Waals surface area contributed by atoms with Crippen LogP contribution in [0.1, 0.15) is 69.4 Å². The summed E-state index contributed by atoms with van der Waals surface area (Å²) in [6.07, 6.45) is 9.97. The molecule has 0 aliphatic carbocycles. The van der Waals surface area contributed by atoms with E-state index >= 15 is 0 Å². The van der Waals surface area contributed by atoms with Gasteiger partial charge in [0.05, 0.1) is 0 Å². The van der Waals surface area contributed by atoms with Crippen LogP contribution in [0.15, 0.2) is 24.3 Å². The van der Waals surface area contributed by atoms with Gasteiger partial charge in [-0.3, -0.25) is 4.79 Å². The van der Waals surface area contributed by atoms with E-state index < -0.39 is 0 Å². The van der Waals surface area contributed by atoms with E-state index in [1.165, 1.54) is 43.4 Å². The Bertz CT molecular complexity index is 639. The van der Waals surface area contributed by atoms with Crippen molar-refractivity contribution in [3.63, 3.8) is 0 Å². The van der Waals surface area contributed by atoms with Crippen molar-refractivity contribution in [2.24, 2.45) is 11.7 Å². The van der Waals surface area contributed by atoms with E-state index in [9.17, 15) is 4.79 Å². The fourth-order valence-corrected chi connectivity index (χ4v) is 5.17. The number of benzene rings is 1. The van der Waals surface area contributed by atoms with E-state index in [1.807, 2.05) is 4.90 Å². The summed E-state index contributed by atoms with van der Waals surface area (Å²) in [7, 11) is 0. The van der Waals surface area contributed by atoms with Crippen LogP contribution in [0, 0.1) is 5.92 Å². The standard InChI is InChI=1S/C24H38N4O/c25-21-12-17-28(18-13-21)24(29)9-4-19-10-15-27(16-11-19)22-7-5-20(6-8-22)23-3-1-2-14-26-23/h5-8,19,21,23,26H,1-4,9-18,25H2. The van der Waals surface area contributed by atoms with E-state index in [0.717, 1.165) is 52.0 Å². The lowest BCUT2D eigenvalue weighted by atomic mass is 9.91. The predicted octanol–water partition coefficient (Wildman–Crippen LogP) is 3.45. The maximum atomic E-state index is 12.5. The topological polar surface area (TPSA) is 61.6 Å². The number of nitrogens with two attached hydrogens (primary N) is 1. The summed E-state index contributed by atoms with van der Waals surface area (Å²) in [5, 5.41) is 3.64. The molecule has 3 aliphatic heterocycles. The molecule has 1 aromatic carbocycles. The van der Waals surface area contributed by atoms with Crippen molar-refractivity contribution in [1.29, 1.82) is 0 Å². The van der Waals surface area contributed by atoms with E-state index in [1.54, 1.807) is 0 Å². The number of nitrogens with zero attached hydrogens (tertiary/aromatic N) is 2. The average molecular weight is 399 g/mol. The van der Waals surface area contributed by atoms with E-state index in [0.29, 0.717) is 24.3 Å². The number of carbonyl (C=O) groups is 1. The van der Waals surface area contributed by atoms with Crippen molar-refractivity contribution in [2.75, 3.05) is 37.6 Å². The minimum Gasteiger partial charge on any atom is -0.372 e. The molecule has 5 nitrogen and oxygen atoms in total. The van der Waals surface area contributed by atoms with Gasteiger partial charge >= 0.3 is 0 Å². The zero-order valence-electron chi connectivity index (χ0n) is 17.8. The normalized spacial score (nSPS) is 24.7. The molecule has 1 aromatic rings. The van der Waals surface area contributed by atoms with Crippen LogP contribution in [-0.2, 0) is 4.79 Å². The van der Waals surface area contributed by atoms with Crippen molar-refractivity contribution < 1.29 is 4.79 Å². The highest BCUT2D eigenvalue weighted by atomic mass is 16.2. The van der Waals surface area contributed by atoms with Crippen LogP contribution >= 0.6 is 0 Å². The Morgan fingerprint density at radius 1 is 0.966 bits per heavy atom. The van der Waals surface area contributed by atoms with Crippen LogP contribution in [0.4, 0.5) is 5.69 Å². The maximum Gasteiger partial charge on any atom is 0.222 e. The monoisotopic (exact) mass is 398 g/mol. The minimum atomic E-state index is 0.288. The number of nitrogens with one attached hydrogen (secondary N) is 1. The second-order valence-corrected chi connectivity index (χ2v) is 9.28. The molecule has 3 N–H and O–H groups in total. The van der Waals surface area contributed by atoms with Gasteiger partial charge in [0.15, 0.2) is 0 Å². The number of hydrogen-bond acceptors (Lipinski definition) is 4. The molecular formula is C24H38N4O. The van der Waals surface area contributed by atoms with Gasteiger partial charge in [-0.25, -0.2) is 0 Å². The second kappa shape index (κ2) is 9.94. The molecule has 0 spiro atoms. The van der Waals surface area contributed by atoms with E-state index in [4.69, 9.17) is 5.73 Å². The zero-order chi connectivity index (χ0) is 20.1. The van der Waals surface area contributed by atoms with Crippen LogP contribution in [0.25, 0.3) is 0 Å². The summed E-state index contributed by atoms with van der Waals surface area (Å²) in [6, 6.07) is 10.1. The number of amides is 1. The van der Waals surface area contributed by atoms with Gasteiger partial charge in [0.2, 0.25) is 5.91 Å². The number of hydrogen-bond donors (Lipinski definition) is 2. The van der Waals surface area contributed by atoms with Gasteiger partial charge in [0.25, 0.3) is 0 Å². The molecule has 1 unspecified atom stereocenters. The fourth-order valence-electron chi connectivity index (χ4n) is 5.17. The summed E-state index contributed by atoms with van der Waals surface area (Å²) in [5.41, 5.74) is 8.73. The van der Waals surface area contributed by atoms with Gasteiger partial charge in [0.1, 0.15) is 0 Å². The number of anilines is 1. The van der Waals surface area contributed by atoms with Crippen molar-refractivity contribution in [3.8, 4) is 0 Å². The lowest BCUT2D eigenvalue weighted by molar-refractivity contribution is -0.132. The highest BCUT2D eigenvalue weighted by Crippen LogP contribution is 2.29. The molecule has 0 aromatic heterocycles. The molecule has 0 saturated carbocycles. The third-order valence-corrected chi connectivity index (χ3v) is 7.24. The molecule has 3 heterocycles. The minimum absolute atomic E-state index is 0.288. The van der Waals surface area contributed by atoms with Crippen molar-refractivity contribution in [1.82, 2.24) is 10.2 Å². The van der Waals surface area contributed by atoms with Crippen LogP contribution in [0.5, 0.6) is 0 Å². The summed E-state index contributed by atoms with van der Waals surface area (Å²) in [6.45, 7) is 5.07. The Balaban J connectivity index is 1.19. The Labute approximate surface area is 176 Å². The first-order chi connectivity index (χ1) is 14.2. The van der Waals surface area contributed by atoms with Gasteiger partial charge in [0, 0.05) is 50.4 Å². The largest absolute Gasteiger partial charge is 0.372 e. The van der Waals surface area contributed by atoms with E-state index in [-0.39, 0.29) is 6.04 Å². The molecule has 0 radical (unpaired) electrons. The molecular weight excluding hydrogens is 360 g/mol. The number of rotatable bonds is 5. The molecule has 3 aliphatic rings. The summed E-state index contributed by atoms with van der Waals surface area (Å²) < 4.78 is 0. The molecule has 1 amide bonds. The third kappa shape index (κ3) is 5.52. The fraction of sp³-hybridized carbons (Fsp3) is 0.708. The SMILES string of the molecule is NC1CCN(C(=O)CCC2CCN(c3ccc(C4CCCCN4)cc3)CC2)CC1. The molecule has 4 rings (SSSR count). The van der Waals surface area contributed by atoms with Crippen LogP contribution in [-0.4, -0.2) is 49.6 Å². The van der Waals surface area contributed by atoms with Gasteiger partial charge in [-0.2, -0.15) is 0 Å². The van der Waals surface area contributed by atoms with Crippen molar-refractivity contribution in [3.05, 3.63) is 29.8 Å². The quantitative estimate of drug-likeness (QED) is 0.797. The number of likely N-dealkylation sites (tertiary alicyclic amines) is 1. The maximum absolute atomic E-state index is 12.5. The zero-order valence-corrected chi connectivity index (χ0v) is 17.8. The molecule has 29 heavy (non-hydrogen) atoms. The molecule has 3 fully saturated rings. The van der Waals surface area contributed by atoms with Gasteiger partial charge < -0.3 is 20.9 Å². The van der Waals surface area contributed by atoms with Gasteiger partial charge in [-0.1, -0.05) is 18.6 Å². The summed E-state index contributed by atoms with van der Waals surface area (Å²) >= 11 is 0. The first-order valence-corrected chi connectivity index (χ1v) is 11.8. The Hall–Kier alpha value is -1.59. The first kappa shape index (κ1) is 20.7. The van der Waals surface area contributed by atoms with Crippen LogP contribution in [0.3, 0.4) is 0 Å². The van der Waals surface area contributed by atoms with Crippen LogP contribution < -0.4 is 16.0 Å². The average Bonchev–Trinajstić information content (AvgIpc) is 2.79. The number of piperidine rings is 3. The predicted molar refractivity (Wildman–Crippen MR) is 119 cm³/mol. The third-order valence-electron chi connectivity index (χ3n) is 7.24. The molecule has 0 bridgehead atoms. The highest BCUT2D eigenvalue weighted by molar-refractivity contribution is 5.76. The molecule has 160 valence electrons. The smallest absolute Gasteiger partial charge is 0.222 e. The molecule has 1 atom stereocenters. The van der Waals surface area contributed by atoms with Crippen molar-refractivity contribution >= 4 is 11.6 Å². The van der Waals surface area contributed by atoms with Gasteiger partial charge in [-0.15, -0.1) is 0 Å². The lowest BCUT2D eigenvalue weighted by Gasteiger charge is -2.35. The van der Waals surface area contributed by atoms with Crippen LogP contribution in [0.2, 0.25) is 0 Å². The Kier molecular flexibility index (Phi) is 7.09. The Morgan fingerprint density at radius 3 is 2.34 bits per heavy atom. The highest BCUT2D eigenvalue weighted by Gasteiger charge is 2.24. The Morgan fingerprint density at radius 2 is 1.69 bits per heavy atom. The molecule has 3 saturated heterocycles. The second-order valence-electron chi connectivity index (χ2n) is 9.28. The lowest BCUT2D eigenvalue weighted by Crippen LogP contribution is -2.43. The first-order valence-electron chi connectivity index (χ1n) is 11.8. The van der Waals surface area contributed by atoms with Crippen molar-refractivity contribution in [2.45, 2.75) is 69.9 Å². The summed E-state index contributed by atoms with van der Waals surface area (Å²) in [4.78, 5) is 17.0. The molecule has 5 heteroatoms. The number of carbonyl (C=O) groups excluding carboxylic acids is 1. The van der Waals surface area contributed by atoms with Gasteiger partial charge in [-0.05, 0) is 75.1 Å². The summed E-state index contributed by atoms with van der Waals surface area (Å²) in [5.74, 6) is 1.03. The van der Waals surface area contributed by atoms with E-state index in [2.05, 4.69) is 34.5 Å².